The second-order valence-electron chi connectivity index (χ2n) is 7.29. The number of benzene rings is 1. The predicted octanol–water partition coefficient (Wildman–Crippen LogP) is 0.981. The van der Waals surface area contributed by atoms with Crippen LogP contribution in [0.3, 0.4) is 0 Å². The Kier molecular flexibility index (Phi) is 6.62. The molecule has 2 aliphatic heterocycles. The third-order valence-electron chi connectivity index (χ3n) is 5.06. The van der Waals surface area contributed by atoms with E-state index in [0.717, 1.165) is 12.0 Å². The van der Waals surface area contributed by atoms with Gasteiger partial charge in [-0.1, -0.05) is 12.1 Å². The number of fused-ring (bicyclic) bond motifs is 1. The van der Waals surface area contributed by atoms with E-state index in [9.17, 15) is 24.5 Å². The highest BCUT2D eigenvalue weighted by Crippen LogP contribution is 2.38. The minimum Gasteiger partial charge on any atom is -0.351 e. The molecule has 1 aromatic carbocycles. The number of nitro benzene ring substituents is 1. The van der Waals surface area contributed by atoms with Crippen LogP contribution in [0.25, 0.3) is 0 Å². The van der Waals surface area contributed by atoms with E-state index in [-0.39, 0.29) is 35.8 Å². The van der Waals surface area contributed by atoms with E-state index in [2.05, 4.69) is 10.6 Å². The Hall–Kier alpha value is -3.37. The van der Waals surface area contributed by atoms with Crippen molar-refractivity contribution in [3.8, 4) is 0 Å². The monoisotopic (exact) mass is 406 g/mol. The summed E-state index contributed by atoms with van der Waals surface area (Å²) in [6.45, 7) is 1.90. The summed E-state index contributed by atoms with van der Waals surface area (Å²) < 4.78 is 0. The smallest absolute Gasteiger partial charge is 0.319 e. The lowest BCUT2D eigenvalue weighted by atomic mass is 9.81. The van der Waals surface area contributed by atoms with Crippen LogP contribution in [0, 0.1) is 16.0 Å². The minimum atomic E-state index is -0.457. The van der Waals surface area contributed by atoms with Crippen LogP contribution in [0.2, 0.25) is 0 Å². The van der Waals surface area contributed by atoms with Crippen molar-refractivity contribution in [3.63, 3.8) is 0 Å². The van der Waals surface area contributed by atoms with Crippen LogP contribution in [0.4, 0.5) is 15.3 Å². The Morgan fingerprint density at radius 1 is 1.07 bits per heavy atom. The van der Waals surface area contributed by atoms with E-state index in [1.807, 2.05) is 6.92 Å². The summed E-state index contributed by atoms with van der Waals surface area (Å²) in [4.78, 5) is 48.6. The van der Waals surface area contributed by atoms with E-state index in [0.29, 0.717) is 0 Å². The second kappa shape index (κ2) is 8.76. The van der Waals surface area contributed by atoms with Crippen LogP contribution in [-0.2, 0) is 4.79 Å². The average Bonchev–Trinajstić information content (AvgIpc) is 2.68. The predicted molar refractivity (Wildman–Crippen MR) is 105 cm³/mol. The molecular weight excluding hydrogens is 380 g/mol. The minimum absolute atomic E-state index is 0.000303. The van der Waals surface area contributed by atoms with E-state index < -0.39 is 11.1 Å². The number of urea groups is 2. The standard InChI is InChI=1S/C15H19N5O4.C3H7NO/c1-8-11-12(9-4-6-10(7-5-9)20(23)24)18(2)15(22)17-13(11)19(3)14(21)16-8;1-4(2)3-5/h4-8,11-13H,1-3H3,(H,16,21)(H,17,22);3H,1-2H3/t8?,11-,12?,13-;/m1./s1. The zero-order chi connectivity index (χ0) is 21.9. The van der Waals surface area contributed by atoms with Crippen LogP contribution in [0.1, 0.15) is 18.5 Å². The SMILES string of the molecule is CC1NC(=O)N(C)[C@H]2NC(=O)N(C)C(c3ccc([N+](=O)[O-])cc3)[C@@H]12.CN(C)C=O. The highest BCUT2D eigenvalue weighted by Gasteiger charge is 2.49. The molecule has 0 aliphatic carbocycles. The molecular formula is C18H26N6O5. The van der Waals surface area contributed by atoms with Crippen LogP contribution in [0.5, 0.6) is 0 Å². The van der Waals surface area contributed by atoms with Crippen molar-refractivity contribution in [1.82, 2.24) is 25.3 Å². The molecule has 2 aliphatic rings. The molecule has 3 rings (SSSR count). The first-order chi connectivity index (χ1) is 13.6. The highest BCUT2D eigenvalue weighted by atomic mass is 16.6. The van der Waals surface area contributed by atoms with Crippen LogP contribution >= 0.6 is 0 Å². The maximum Gasteiger partial charge on any atom is 0.319 e. The van der Waals surface area contributed by atoms with Gasteiger partial charge in [0.05, 0.1) is 11.0 Å². The topological polar surface area (TPSA) is 128 Å². The van der Waals surface area contributed by atoms with Gasteiger partial charge in [-0.05, 0) is 12.5 Å². The molecule has 11 nitrogen and oxygen atoms in total. The van der Waals surface area contributed by atoms with Crippen molar-refractivity contribution in [2.75, 3.05) is 28.2 Å². The number of non-ortho nitro benzene ring substituents is 1. The van der Waals surface area contributed by atoms with Gasteiger partial charge in [0.2, 0.25) is 6.41 Å². The number of carbonyl (C=O) groups is 3. The molecule has 0 saturated carbocycles. The van der Waals surface area contributed by atoms with E-state index in [1.165, 1.54) is 21.9 Å². The van der Waals surface area contributed by atoms with Crippen molar-refractivity contribution < 1.29 is 19.3 Å². The Morgan fingerprint density at radius 2 is 1.59 bits per heavy atom. The molecule has 0 aromatic heterocycles. The summed E-state index contributed by atoms with van der Waals surface area (Å²) in [5.41, 5.74) is 0.796. The van der Waals surface area contributed by atoms with Crippen molar-refractivity contribution in [1.29, 1.82) is 0 Å². The Morgan fingerprint density at radius 3 is 2.07 bits per heavy atom. The van der Waals surface area contributed by atoms with Crippen molar-refractivity contribution >= 4 is 24.2 Å². The van der Waals surface area contributed by atoms with Crippen molar-refractivity contribution in [3.05, 3.63) is 39.9 Å². The quantitative estimate of drug-likeness (QED) is 0.439. The van der Waals surface area contributed by atoms with Gasteiger partial charge in [0.25, 0.3) is 5.69 Å². The Labute approximate surface area is 168 Å². The van der Waals surface area contributed by atoms with Gasteiger partial charge in [-0.15, -0.1) is 0 Å². The Bertz CT molecular complexity index is 783. The number of nitro groups is 1. The molecule has 2 N–H and O–H groups in total. The summed E-state index contributed by atoms with van der Waals surface area (Å²) in [6, 6.07) is 5.20. The maximum atomic E-state index is 12.3. The van der Waals surface area contributed by atoms with E-state index >= 15 is 0 Å². The lowest BCUT2D eigenvalue weighted by molar-refractivity contribution is -0.384. The van der Waals surface area contributed by atoms with Crippen LogP contribution in [0.15, 0.2) is 24.3 Å². The molecule has 2 heterocycles. The first kappa shape index (κ1) is 21.9. The van der Waals surface area contributed by atoms with Gasteiger partial charge in [-0.25, -0.2) is 9.59 Å². The van der Waals surface area contributed by atoms with Crippen LogP contribution < -0.4 is 10.6 Å². The molecule has 2 saturated heterocycles. The van der Waals surface area contributed by atoms with Crippen molar-refractivity contribution in [2.45, 2.75) is 25.2 Å². The van der Waals surface area contributed by atoms with Gasteiger partial charge >= 0.3 is 12.1 Å². The number of nitrogens with one attached hydrogen (secondary N) is 2. The fraction of sp³-hybridized carbons (Fsp3) is 0.500. The largest absolute Gasteiger partial charge is 0.351 e. The summed E-state index contributed by atoms with van der Waals surface area (Å²) >= 11 is 0. The summed E-state index contributed by atoms with van der Waals surface area (Å²) in [5.74, 6) is -0.100. The molecule has 0 bridgehead atoms. The first-order valence-corrected chi connectivity index (χ1v) is 9.01. The Balaban J connectivity index is 0.000000537. The fourth-order valence-corrected chi connectivity index (χ4v) is 3.54. The van der Waals surface area contributed by atoms with Gasteiger partial charge in [0.15, 0.2) is 0 Å². The number of nitrogens with zero attached hydrogens (tertiary/aromatic N) is 4. The molecule has 4 atom stereocenters. The van der Waals surface area contributed by atoms with E-state index in [1.54, 1.807) is 45.2 Å². The van der Waals surface area contributed by atoms with Gasteiger partial charge in [-0.2, -0.15) is 0 Å². The second-order valence-corrected chi connectivity index (χ2v) is 7.29. The molecule has 0 spiro atoms. The number of amides is 5. The lowest BCUT2D eigenvalue weighted by Crippen LogP contribution is -2.71. The summed E-state index contributed by atoms with van der Waals surface area (Å²) in [7, 11) is 6.69. The number of rotatable bonds is 3. The molecule has 0 radical (unpaired) electrons. The first-order valence-electron chi connectivity index (χ1n) is 9.01. The normalized spacial score (nSPS) is 25.7. The molecule has 29 heavy (non-hydrogen) atoms. The van der Waals surface area contributed by atoms with E-state index in [4.69, 9.17) is 0 Å². The highest BCUT2D eigenvalue weighted by molar-refractivity contribution is 5.80. The summed E-state index contributed by atoms with van der Waals surface area (Å²) in [6.07, 6.45) is 0.317. The third-order valence-corrected chi connectivity index (χ3v) is 5.06. The fourth-order valence-electron chi connectivity index (χ4n) is 3.54. The number of hydrogen-bond acceptors (Lipinski definition) is 5. The van der Waals surface area contributed by atoms with Gasteiger partial charge in [0, 0.05) is 52.3 Å². The van der Waals surface area contributed by atoms with Crippen molar-refractivity contribution in [2.24, 2.45) is 5.92 Å². The zero-order valence-corrected chi connectivity index (χ0v) is 17.0. The zero-order valence-electron chi connectivity index (χ0n) is 17.0. The molecule has 5 amide bonds. The molecule has 2 fully saturated rings. The third kappa shape index (κ3) is 4.55. The number of carbonyl (C=O) groups excluding carboxylic acids is 3. The lowest BCUT2D eigenvalue weighted by Gasteiger charge is -2.52. The van der Waals surface area contributed by atoms with Gasteiger partial charge in [-0.3, -0.25) is 14.9 Å². The average molecular weight is 406 g/mol. The number of hydrogen-bond donors (Lipinski definition) is 2. The molecule has 158 valence electrons. The summed E-state index contributed by atoms with van der Waals surface area (Å²) in [5, 5.41) is 16.6. The molecule has 1 aromatic rings. The maximum absolute atomic E-state index is 12.3. The molecule has 11 heteroatoms. The molecule has 2 unspecified atom stereocenters. The van der Waals surface area contributed by atoms with Gasteiger partial charge in [0.1, 0.15) is 6.17 Å². The van der Waals surface area contributed by atoms with Crippen LogP contribution in [-0.4, -0.2) is 78.5 Å². The van der Waals surface area contributed by atoms with Gasteiger partial charge < -0.3 is 25.3 Å².